The van der Waals surface area contributed by atoms with Crippen molar-refractivity contribution >= 4 is 11.6 Å². The summed E-state index contributed by atoms with van der Waals surface area (Å²) in [6.45, 7) is 5.09. The summed E-state index contributed by atoms with van der Waals surface area (Å²) < 4.78 is 10.8. The molecule has 0 spiro atoms. The van der Waals surface area contributed by atoms with Crippen LogP contribution in [-0.4, -0.2) is 37.9 Å². The zero-order valence-corrected chi connectivity index (χ0v) is 11.7. The first-order valence-electron chi connectivity index (χ1n) is 6.66. The van der Waals surface area contributed by atoms with Gasteiger partial charge in [-0.15, -0.1) is 0 Å². The van der Waals surface area contributed by atoms with E-state index in [1.807, 2.05) is 19.9 Å². The van der Waals surface area contributed by atoms with Crippen LogP contribution in [0.3, 0.4) is 0 Å². The molecule has 1 heterocycles. The van der Waals surface area contributed by atoms with Crippen LogP contribution in [0, 0.1) is 11.3 Å². The molecule has 5 nitrogen and oxygen atoms in total. The molecular formula is C15H18N2O3. The molecule has 0 saturated carbocycles. The number of nitrogens with zero attached hydrogens (tertiary/aromatic N) is 2. The number of carbonyl (C=O) groups excluding carboxylic acids is 1. The van der Waals surface area contributed by atoms with Gasteiger partial charge in [-0.25, -0.2) is 0 Å². The molecule has 1 unspecified atom stereocenters. The Hall–Kier alpha value is -1.90. The molecular weight excluding hydrogens is 256 g/mol. The second-order valence-corrected chi connectivity index (χ2v) is 4.90. The molecule has 2 rings (SSSR count). The van der Waals surface area contributed by atoms with Gasteiger partial charge in [0.2, 0.25) is 0 Å². The Morgan fingerprint density at radius 3 is 2.85 bits per heavy atom. The zero-order valence-electron chi connectivity index (χ0n) is 11.7. The van der Waals surface area contributed by atoms with E-state index in [9.17, 15) is 4.79 Å². The summed E-state index contributed by atoms with van der Waals surface area (Å²) in [5.41, 5.74) is 1.24. The lowest BCUT2D eigenvalue weighted by atomic mass is 10.1. The molecule has 1 aliphatic rings. The normalized spacial score (nSPS) is 18.6. The average molecular weight is 274 g/mol. The van der Waals surface area contributed by atoms with Crippen LogP contribution in [0.25, 0.3) is 0 Å². The Kier molecular flexibility index (Phi) is 4.72. The minimum absolute atomic E-state index is 0.0260. The largest absolute Gasteiger partial charge is 0.376 e. The molecule has 1 fully saturated rings. The summed E-state index contributed by atoms with van der Waals surface area (Å²) in [5.74, 6) is -0.130. The molecule has 0 aliphatic carbocycles. The van der Waals surface area contributed by atoms with Crippen molar-refractivity contribution in [2.75, 3.05) is 24.7 Å². The van der Waals surface area contributed by atoms with Gasteiger partial charge in [0.25, 0.3) is 5.91 Å². The molecule has 1 atom stereocenters. The lowest BCUT2D eigenvalue weighted by Crippen LogP contribution is -2.48. The summed E-state index contributed by atoms with van der Waals surface area (Å²) in [6, 6.07) is 9.08. The molecule has 0 aromatic heterocycles. The van der Waals surface area contributed by atoms with Crippen molar-refractivity contribution in [3.05, 3.63) is 29.8 Å². The van der Waals surface area contributed by atoms with Crippen molar-refractivity contribution in [2.45, 2.75) is 26.0 Å². The van der Waals surface area contributed by atoms with Crippen LogP contribution in [0.1, 0.15) is 19.4 Å². The fourth-order valence-electron chi connectivity index (χ4n) is 2.19. The topological polar surface area (TPSA) is 62.6 Å². The quantitative estimate of drug-likeness (QED) is 0.842. The third kappa shape index (κ3) is 3.16. The van der Waals surface area contributed by atoms with E-state index in [0.717, 1.165) is 0 Å². The van der Waals surface area contributed by atoms with Crippen molar-refractivity contribution in [2.24, 2.45) is 0 Å². The van der Waals surface area contributed by atoms with Crippen LogP contribution in [-0.2, 0) is 14.3 Å². The van der Waals surface area contributed by atoms with Gasteiger partial charge in [-0.3, -0.25) is 4.79 Å². The second-order valence-electron chi connectivity index (χ2n) is 4.90. The fraction of sp³-hybridized carbons (Fsp3) is 0.467. The third-order valence-electron chi connectivity index (χ3n) is 3.10. The van der Waals surface area contributed by atoms with E-state index in [2.05, 4.69) is 6.07 Å². The highest BCUT2D eigenvalue weighted by Gasteiger charge is 2.30. The number of hydrogen-bond acceptors (Lipinski definition) is 4. The van der Waals surface area contributed by atoms with Gasteiger partial charge in [-0.05, 0) is 32.0 Å². The number of benzene rings is 1. The average Bonchev–Trinajstić information content (AvgIpc) is 2.48. The smallest absolute Gasteiger partial charge is 0.258 e. The Labute approximate surface area is 118 Å². The van der Waals surface area contributed by atoms with Crippen molar-refractivity contribution in [3.63, 3.8) is 0 Å². The minimum Gasteiger partial charge on any atom is -0.376 e. The van der Waals surface area contributed by atoms with Crippen molar-refractivity contribution in [1.29, 1.82) is 5.26 Å². The van der Waals surface area contributed by atoms with Crippen molar-refractivity contribution < 1.29 is 14.3 Å². The van der Waals surface area contributed by atoms with Crippen LogP contribution in [0.2, 0.25) is 0 Å². The van der Waals surface area contributed by atoms with Gasteiger partial charge in [0.05, 0.1) is 31.5 Å². The Morgan fingerprint density at radius 2 is 2.25 bits per heavy atom. The van der Waals surface area contributed by atoms with Crippen LogP contribution in [0.5, 0.6) is 0 Å². The summed E-state index contributed by atoms with van der Waals surface area (Å²) in [6.07, 6.45) is -0.572. The van der Waals surface area contributed by atoms with Crippen LogP contribution in [0.4, 0.5) is 5.69 Å². The highest BCUT2D eigenvalue weighted by Crippen LogP contribution is 2.21. The number of rotatable bonds is 3. The molecule has 1 saturated heterocycles. The molecule has 0 N–H and O–H groups in total. The Morgan fingerprint density at radius 1 is 1.45 bits per heavy atom. The number of anilines is 1. The maximum Gasteiger partial charge on any atom is 0.258 e. The van der Waals surface area contributed by atoms with E-state index in [4.69, 9.17) is 14.7 Å². The summed E-state index contributed by atoms with van der Waals surface area (Å²) in [4.78, 5) is 14.2. The Bertz CT molecular complexity index is 516. The molecule has 1 aromatic rings. The summed E-state index contributed by atoms with van der Waals surface area (Å²) in [7, 11) is 0. The first-order chi connectivity index (χ1) is 9.63. The van der Waals surface area contributed by atoms with Gasteiger partial charge in [0.15, 0.2) is 6.10 Å². The van der Waals surface area contributed by atoms with Crippen LogP contribution < -0.4 is 4.90 Å². The lowest BCUT2D eigenvalue weighted by Gasteiger charge is -2.32. The van der Waals surface area contributed by atoms with E-state index in [0.29, 0.717) is 24.5 Å². The van der Waals surface area contributed by atoms with Crippen molar-refractivity contribution in [3.8, 4) is 6.07 Å². The van der Waals surface area contributed by atoms with Gasteiger partial charge >= 0.3 is 0 Å². The second kappa shape index (κ2) is 6.51. The van der Waals surface area contributed by atoms with Crippen LogP contribution >= 0.6 is 0 Å². The molecule has 0 radical (unpaired) electrons. The SMILES string of the molecule is CC(C)N(C(=O)C1COCCO1)c1cccc(C#N)c1. The minimum atomic E-state index is -0.572. The van der Waals surface area contributed by atoms with Gasteiger partial charge in [0, 0.05) is 11.7 Å². The highest BCUT2D eigenvalue weighted by molar-refractivity contribution is 5.97. The molecule has 1 amide bonds. The third-order valence-corrected chi connectivity index (χ3v) is 3.10. The molecule has 5 heteroatoms. The number of carbonyl (C=O) groups is 1. The van der Waals surface area contributed by atoms with Gasteiger partial charge in [-0.1, -0.05) is 6.07 Å². The fourth-order valence-corrected chi connectivity index (χ4v) is 2.19. The molecule has 106 valence electrons. The monoisotopic (exact) mass is 274 g/mol. The summed E-state index contributed by atoms with van der Waals surface area (Å²) in [5, 5.41) is 8.97. The van der Waals surface area contributed by atoms with Crippen molar-refractivity contribution in [1.82, 2.24) is 0 Å². The predicted octanol–water partition coefficient (Wildman–Crippen LogP) is 1.72. The number of ether oxygens (including phenoxy) is 2. The standard InChI is InChI=1S/C15H18N2O3/c1-11(2)17(13-5-3-4-12(8-13)9-16)15(18)14-10-19-6-7-20-14/h3-5,8,11,14H,6-7,10H2,1-2H3. The maximum atomic E-state index is 12.6. The number of nitriles is 1. The Balaban J connectivity index is 2.26. The molecule has 0 bridgehead atoms. The van der Waals surface area contributed by atoms with E-state index >= 15 is 0 Å². The first-order valence-corrected chi connectivity index (χ1v) is 6.66. The first kappa shape index (κ1) is 14.5. The van der Waals surface area contributed by atoms with E-state index in [1.54, 1.807) is 23.1 Å². The van der Waals surface area contributed by atoms with E-state index in [1.165, 1.54) is 0 Å². The van der Waals surface area contributed by atoms with E-state index in [-0.39, 0.29) is 18.6 Å². The molecule has 20 heavy (non-hydrogen) atoms. The van der Waals surface area contributed by atoms with E-state index < -0.39 is 6.10 Å². The molecule has 1 aliphatic heterocycles. The summed E-state index contributed by atoms with van der Waals surface area (Å²) >= 11 is 0. The van der Waals surface area contributed by atoms with Gasteiger partial charge < -0.3 is 14.4 Å². The number of amides is 1. The zero-order chi connectivity index (χ0) is 14.5. The number of hydrogen-bond donors (Lipinski definition) is 0. The molecule has 1 aromatic carbocycles. The highest BCUT2D eigenvalue weighted by atomic mass is 16.6. The van der Waals surface area contributed by atoms with Crippen LogP contribution in [0.15, 0.2) is 24.3 Å². The lowest BCUT2D eigenvalue weighted by molar-refractivity contribution is -0.145. The predicted molar refractivity (Wildman–Crippen MR) is 74.3 cm³/mol. The maximum absolute atomic E-state index is 12.6. The van der Waals surface area contributed by atoms with Gasteiger partial charge in [0.1, 0.15) is 0 Å². The van der Waals surface area contributed by atoms with Gasteiger partial charge in [-0.2, -0.15) is 5.26 Å².